The van der Waals surface area contributed by atoms with Crippen LogP contribution in [0.3, 0.4) is 0 Å². The van der Waals surface area contributed by atoms with Crippen molar-refractivity contribution in [2.45, 2.75) is 46.6 Å². The van der Waals surface area contributed by atoms with Crippen molar-refractivity contribution in [3.8, 4) is 0 Å². The second-order valence-electron chi connectivity index (χ2n) is 5.13. The molecule has 0 rings (SSSR count). The lowest BCUT2D eigenvalue weighted by Crippen LogP contribution is -2.45. The SMILES string of the molecule is CCC(C)(C)N(C)CC(C)(C)C=O. The third kappa shape index (κ3) is 3.90. The van der Waals surface area contributed by atoms with Gasteiger partial charge in [0.15, 0.2) is 0 Å². The average Bonchev–Trinajstić information content (AvgIpc) is 2.04. The monoisotopic (exact) mass is 185 g/mol. The van der Waals surface area contributed by atoms with Crippen molar-refractivity contribution in [1.29, 1.82) is 0 Å². The molecule has 0 spiro atoms. The molecule has 0 saturated carbocycles. The van der Waals surface area contributed by atoms with E-state index in [9.17, 15) is 4.79 Å². The molecule has 78 valence electrons. The molecule has 0 radical (unpaired) electrons. The summed E-state index contributed by atoms with van der Waals surface area (Å²) in [7, 11) is 2.08. The maximum Gasteiger partial charge on any atom is 0.126 e. The van der Waals surface area contributed by atoms with Gasteiger partial charge in [0.05, 0.1) is 0 Å². The van der Waals surface area contributed by atoms with Gasteiger partial charge < -0.3 is 9.69 Å². The van der Waals surface area contributed by atoms with Crippen molar-refractivity contribution in [3.05, 3.63) is 0 Å². The Kier molecular flexibility index (Phi) is 4.11. The Hall–Kier alpha value is -0.370. The van der Waals surface area contributed by atoms with E-state index in [1.807, 2.05) is 13.8 Å². The van der Waals surface area contributed by atoms with E-state index in [0.29, 0.717) is 0 Å². The van der Waals surface area contributed by atoms with E-state index in [0.717, 1.165) is 19.3 Å². The number of carbonyl (C=O) groups excluding carboxylic acids is 1. The van der Waals surface area contributed by atoms with Crippen molar-refractivity contribution < 1.29 is 4.79 Å². The van der Waals surface area contributed by atoms with E-state index in [4.69, 9.17) is 0 Å². The standard InChI is InChI=1S/C11H23NO/c1-7-11(4,5)12(6)8-10(2,3)9-13/h9H,7-8H2,1-6H3. The zero-order valence-corrected chi connectivity index (χ0v) is 9.85. The summed E-state index contributed by atoms with van der Waals surface area (Å²) in [6.45, 7) is 11.3. The molecule has 0 amide bonds. The molecule has 0 aliphatic rings. The number of aldehydes is 1. The number of hydrogen-bond acceptors (Lipinski definition) is 2. The van der Waals surface area contributed by atoms with Crippen LogP contribution in [0.25, 0.3) is 0 Å². The van der Waals surface area contributed by atoms with Crippen LogP contribution in [-0.4, -0.2) is 30.3 Å². The van der Waals surface area contributed by atoms with E-state index < -0.39 is 0 Å². The smallest absolute Gasteiger partial charge is 0.126 e. The van der Waals surface area contributed by atoms with Crippen LogP contribution >= 0.6 is 0 Å². The highest BCUT2D eigenvalue weighted by Crippen LogP contribution is 2.21. The first-order chi connectivity index (χ1) is 5.75. The molecular weight excluding hydrogens is 162 g/mol. The molecule has 0 aliphatic heterocycles. The van der Waals surface area contributed by atoms with Gasteiger partial charge in [-0.3, -0.25) is 0 Å². The van der Waals surface area contributed by atoms with Crippen molar-refractivity contribution in [1.82, 2.24) is 4.90 Å². The third-order valence-electron chi connectivity index (χ3n) is 2.86. The second-order valence-corrected chi connectivity index (χ2v) is 5.13. The van der Waals surface area contributed by atoms with Crippen LogP contribution in [-0.2, 0) is 4.79 Å². The molecule has 2 nitrogen and oxygen atoms in total. The molecule has 0 N–H and O–H groups in total. The molecule has 13 heavy (non-hydrogen) atoms. The molecule has 0 saturated heterocycles. The van der Waals surface area contributed by atoms with Gasteiger partial charge in [-0.05, 0) is 27.3 Å². The predicted molar refractivity (Wildman–Crippen MR) is 56.8 cm³/mol. The van der Waals surface area contributed by atoms with Crippen molar-refractivity contribution in [2.24, 2.45) is 5.41 Å². The number of rotatable bonds is 5. The fraction of sp³-hybridized carbons (Fsp3) is 0.909. The Labute approximate surface area is 82.3 Å². The van der Waals surface area contributed by atoms with Crippen LogP contribution in [0, 0.1) is 5.41 Å². The molecule has 0 heterocycles. The average molecular weight is 185 g/mol. The third-order valence-corrected chi connectivity index (χ3v) is 2.86. The van der Waals surface area contributed by atoms with E-state index in [2.05, 4.69) is 32.7 Å². The lowest BCUT2D eigenvalue weighted by Gasteiger charge is -2.38. The quantitative estimate of drug-likeness (QED) is 0.613. The largest absolute Gasteiger partial charge is 0.303 e. The molecule has 0 aromatic heterocycles. The van der Waals surface area contributed by atoms with Gasteiger partial charge in [0.25, 0.3) is 0 Å². The first-order valence-electron chi connectivity index (χ1n) is 4.93. The Morgan fingerprint density at radius 1 is 1.23 bits per heavy atom. The first kappa shape index (κ1) is 12.6. The number of hydrogen-bond donors (Lipinski definition) is 0. The summed E-state index contributed by atoms with van der Waals surface area (Å²) in [6, 6.07) is 0. The summed E-state index contributed by atoms with van der Waals surface area (Å²) in [4.78, 5) is 13.0. The first-order valence-corrected chi connectivity index (χ1v) is 4.93. The fourth-order valence-corrected chi connectivity index (χ4v) is 1.13. The van der Waals surface area contributed by atoms with Crippen molar-refractivity contribution >= 4 is 6.29 Å². The van der Waals surface area contributed by atoms with Crippen LogP contribution in [0.5, 0.6) is 0 Å². The molecule has 0 fully saturated rings. The zero-order chi connectivity index (χ0) is 10.7. The van der Waals surface area contributed by atoms with Crippen LogP contribution in [0.2, 0.25) is 0 Å². The number of nitrogens with zero attached hydrogens (tertiary/aromatic N) is 1. The minimum Gasteiger partial charge on any atom is -0.303 e. The zero-order valence-electron chi connectivity index (χ0n) is 9.85. The summed E-state index contributed by atoms with van der Waals surface area (Å²) in [5.74, 6) is 0. The lowest BCUT2D eigenvalue weighted by molar-refractivity contribution is -0.116. The normalized spacial score (nSPS) is 13.5. The Bertz CT molecular complexity index is 173. The van der Waals surface area contributed by atoms with E-state index in [-0.39, 0.29) is 11.0 Å². The number of carbonyl (C=O) groups is 1. The minimum atomic E-state index is -0.235. The Morgan fingerprint density at radius 3 is 2.00 bits per heavy atom. The van der Waals surface area contributed by atoms with Gasteiger partial charge in [0.2, 0.25) is 0 Å². The second kappa shape index (κ2) is 4.23. The van der Waals surface area contributed by atoms with E-state index in [1.165, 1.54) is 0 Å². The van der Waals surface area contributed by atoms with Gasteiger partial charge in [-0.1, -0.05) is 20.8 Å². The Balaban J connectivity index is 4.30. The van der Waals surface area contributed by atoms with E-state index in [1.54, 1.807) is 0 Å². The van der Waals surface area contributed by atoms with Crippen molar-refractivity contribution in [2.75, 3.05) is 13.6 Å². The van der Waals surface area contributed by atoms with Gasteiger partial charge >= 0.3 is 0 Å². The molecule has 0 aromatic carbocycles. The summed E-state index contributed by atoms with van der Waals surface area (Å²) in [5, 5.41) is 0. The molecule has 0 atom stereocenters. The summed E-state index contributed by atoms with van der Waals surface area (Å²) in [6.07, 6.45) is 2.13. The molecule has 0 aromatic rings. The van der Waals surface area contributed by atoms with Gasteiger partial charge in [-0.25, -0.2) is 0 Å². The highest BCUT2D eigenvalue weighted by molar-refractivity contribution is 5.58. The molecule has 0 aliphatic carbocycles. The maximum absolute atomic E-state index is 10.8. The summed E-state index contributed by atoms with van der Waals surface area (Å²) in [5.41, 5.74) is -0.0541. The molecular formula is C11H23NO. The van der Waals surface area contributed by atoms with Gasteiger partial charge in [0, 0.05) is 17.5 Å². The fourth-order valence-electron chi connectivity index (χ4n) is 1.13. The van der Waals surface area contributed by atoms with Crippen LogP contribution in [0.15, 0.2) is 0 Å². The highest BCUT2D eigenvalue weighted by Gasteiger charge is 2.27. The van der Waals surface area contributed by atoms with Gasteiger partial charge in [-0.2, -0.15) is 0 Å². The van der Waals surface area contributed by atoms with E-state index >= 15 is 0 Å². The van der Waals surface area contributed by atoms with Crippen LogP contribution in [0.4, 0.5) is 0 Å². The summed E-state index contributed by atoms with van der Waals surface area (Å²) >= 11 is 0. The molecule has 0 unspecified atom stereocenters. The summed E-state index contributed by atoms with van der Waals surface area (Å²) < 4.78 is 0. The molecule has 0 bridgehead atoms. The van der Waals surface area contributed by atoms with Crippen LogP contribution in [0.1, 0.15) is 41.0 Å². The topological polar surface area (TPSA) is 20.3 Å². The minimum absolute atomic E-state index is 0.181. The van der Waals surface area contributed by atoms with Gasteiger partial charge in [0.1, 0.15) is 6.29 Å². The lowest BCUT2D eigenvalue weighted by atomic mass is 9.91. The van der Waals surface area contributed by atoms with Crippen LogP contribution < -0.4 is 0 Å². The van der Waals surface area contributed by atoms with Crippen molar-refractivity contribution in [3.63, 3.8) is 0 Å². The maximum atomic E-state index is 10.8. The predicted octanol–water partition coefficient (Wildman–Crippen LogP) is 2.33. The van der Waals surface area contributed by atoms with Gasteiger partial charge in [-0.15, -0.1) is 0 Å². The highest BCUT2D eigenvalue weighted by atomic mass is 16.1. The Morgan fingerprint density at radius 2 is 1.69 bits per heavy atom. The molecule has 2 heteroatoms.